The molecule has 1 heterocycles. The van der Waals surface area contributed by atoms with Gasteiger partial charge in [-0.15, -0.1) is 0 Å². The Morgan fingerprint density at radius 2 is 2.12 bits per heavy atom. The molecule has 0 amide bonds. The zero-order valence-corrected chi connectivity index (χ0v) is 11.1. The third kappa shape index (κ3) is 2.72. The van der Waals surface area contributed by atoms with Crippen LogP contribution in [-0.2, 0) is 6.42 Å². The second kappa shape index (κ2) is 5.69. The summed E-state index contributed by atoms with van der Waals surface area (Å²) in [5.74, 6) is 0.807. The number of aryl methyl sites for hydroxylation is 1. The molecule has 3 nitrogen and oxygen atoms in total. The van der Waals surface area contributed by atoms with E-state index in [-0.39, 0.29) is 5.82 Å². The van der Waals surface area contributed by atoms with Crippen LogP contribution in [0.25, 0.3) is 0 Å². The summed E-state index contributed by atoms with van der Waals surface area (Å²) in [4.78, 5) is 0. The van der Waals surface area contributed by atoms with Crippen molar-refractivity contribution in [3.63, 3.8) is 0 Å². The lowest BCUT2D eigenvalue weighted by molar-refractivity contribution is 0.296. The number of halogens is 2. The monoisotopic (exact) mass is 303 g/mol. The largest absolute Gasteiger partial charge is 0.490 e. The summed E-state index contributed by atoms with van der Waals surface area (Å²) in [7, 11) is 0. The quantitative estimate of drug-likeness (QED) is 0.933. The van der Waals surface area contributed by atoms with E-state index in [0.29, 0.717) is 47.7 Å². The zero-order chi connectivity index (χ0) is 12.3. The Bertz CT molecular complexity index is 412. The molecule has 0 aromatic heterocycles. The number of nitrogens with two attached hydrogens (primary N) is 1. The summed E-state index contributed by atoms with van der Waals surface area (Å²) in [6.45, 7) is 1.69. The smallest absolute Gasteiger partial charge is 0.178 e. The zero-order valence-electron chi connectivity index (χ0n) is 9.47. The van der Waals surface area contributed by atoms with Crippen LogP contribution in [0.3, 0.4) is 0 Å². The van der Waals surface area contributed by atoms with Gasteiger partial charge in [0.25, 0.3) is 0 Å². The first kappa shape index (κ1) is 12.6. The molecule has 1 aliphatic rings. The van der Waals surface area contributed by atoms with Crippen molar-refractivity contribution in [1.29, 1.82) is 0 Å². The fraction of sp³-hybridized carbons (Fsp3) is 0.500. The molecular formula is C12H15BrFNO2. The molecule has 0 spiro atoms. The number of fused-ring (bicyclic) bond motifs is 1. The standard InChI is InChI=1S/C12H15BrFNO2/c13-10-11(14)8(3-1-4-15)7-9-12(10)17-6-2-5-16-9/h7H,1-6,15H2. The maximum absolute atomic E-state index is 14.0. The maximum Gasteiger partial charge on any atom is 0.178 e. The molecule has 0 saturated heterocycles. The summed E-state index contributed by atoms with van der Waals surface area (Å²) >= 11 is 3.23. The number of benzene rings is 1. The minimum absolute atomic E-state index is 0.275. The number of ether oxygens (including phenoxy) is 2. The van der Waals surface area contributed by atoms with Crippen molar-refractivity contribution in [3.05, 3.63) is 21.9 Å². The molecule has 0 atom stereocenters. The number of hydrogen-bond donors (Lipinski definition) is 1. The highest BCUT2D eigenvalue weighted by Crippen LogP contribution is 2.40. The molecule has 1 aromatic rings. The van der Waals surface area contributed by atoms with Crippen molar-refractivity contribution in [2.75, 3.05) is 19.8 Å². The van der Waals surface area contributed by atoms with Crippen LogP contribution in [0.5, 0.6) is 11.5 Å². The predicted molar refractivity (Wildman–Crippen MR) is 67.1 cm³/mol. The van der Waals surface area contributed by atoms with E-state index in [1.807, 2.05) is 0 Å². The molecule has 0 fully saturated rings. The maximum atomic E-state index is 14.0. The van der Waals surface area contributed by atoms with Crippen molar-refractivity contribution >= 4 is 15.9 Å². The molecule has 0 radical (unpaired) electrons. The van der Waals surface area contributed by atoms with E-state index in [0.717, 1.165) is 12.8 Å². The van der Waals surface area contributed by atoms with Crippen LogP contribution < -0.4 is 15.2 Å². The third-order valence-electron chi connectivity index (χ3n) is 2.65. The summed E-state index contributed by atoms with van der Waals surface area (Å²) in [6, 6.07) is 1.72. The Hall–Kier alpha value is -0.810. The summed E-state index contributed by atoms with van der Waals surface area (Å²) < 4.78 is 25.4. The molecule has 17 heavy (non-hydrogen) atoms. The van der Waals surface area contributed by atoms with Gasteiger partial charge < -0.3 is 15.2 Å². The Morgan fingerprint density at radius 3 is 2.88 bits per heavy atom. The highest BCUT2D eigenvalue weighted by molar-refractivity contribution is 9.10. The van der Waals surface area contributed by atoms with Gasteiger partial charge in [-0.25, -0.2) is 4.39 Å². The van der Waals surface area contributed by atoms with E-state index in [4.69, 9.17) is 15.2 Å². The topological polar surface area (TPSA) is 44.5 Å². The average molecular weight is 304 g/mol. The van der Waals surface area contributed by atoms with Crippen LogP contribution >= 0.6 is 15.9 Å². The van der Waals surface area contributed by atoms with Gasteiger partial charge in [0.2, 0.25) is 0 Å². The number of rotatable bonds is 3. The van der Waals surface area contributed by atoms with Gasteiger partial charge in [0.1, 0.15) is 5.82 Å². The Kier molecular flexibility index (Phi) is 4.23. The second-order valence-corrected chi connectivity index (χ2v) is 4.73. The van der Waals surface area contributed by atoms with Gasteiger partial charge in [-0.3, -0.25) is 0 Å². The van der Waals surface area contributed by atoms with Gasteiger partial charge in [-0.1, -0.05) is 0 Å². The van der Waals surface area contributed by atoms with Crippen molar-refractivity contribution in [2.45, 2.75) is 19.3 Å². The van der Waals surface area contributed by atoms with Crippen molar-refractivity contribution in [1.82, 2.24) is 0 Å². The highest BCUT2D eigenvalue weighted by atomic mass is 79.9. The highest BCUT2D eigenvalue weighted by Gasteiger charge is 2.20. The molecule has 0 saturated carbocycles. The van der Waals surface area contributed by atoms with Crippen molar-refractivity contribution < 1.29 is 13.9 Å². The molecule has 2 N–H and O–H groups in total. The van der Waals surface area contributed by atoms with E-state index in [9.17, 15) is 4.39 Å². The predicted octanol–water partition coefficient (Wildman–Crippen LogP) is 2.64. The first-order valence-corrected chi connectivity index (χ1v) is 6.50. The first-order chi connectivity index (χ1) is 8.24. The Balaban J connectivity index is 2.36. The molecule has 0 bridgehead atoms. The van der Waals surface area contributed by atoms with Crippen LogP contribution in [0.15, 0.2) is 10.5 Å². The molecule has 94 valence electrons. The fourth-order valence-electron chi connectivity index (χ4n) is 1.77. The van der Waals surface area contributed by atoms with E-state index in [2.05, 4.69) is 15.9 Å². The lowest BCUT2D eigenvalue weighted by Gasteiger charge is -2.13. The van der Waals surface area contributed by atoms with E-state index < -0.39 is 0 Å². The molecule has 1 aromatic carbocycles. The molecular weight excluding hydrogens is 289 g/mol. The van der Waals surface area contributed by atoms with Gasteiger partial charge in [-0.2, -0.15) is 0 Å². The van der Waals surface area contributed by atoms with E-state index in [1.54, 1.807) is 6.07 Å². The fourth-order valence-corrected chi connectivity index (χ4v) is 2.33. The van der Waals surface area contributed by atoms with Crippen LogP contribution in [0, 0.1) is 5.82 Å². The van der Waals surface area contributed by atoms with Gasteiger partial charge in [0, 0.05) is 6.42 Å². The van der Waals surface area contributed by atoms with Crippen LogP contribution in [0.1, 0.15) is 18.4 Å². The lowest BCUT2D eigenvalue weighted by atomic mass is 10.1. The molecule has 0 aliphatic carbocycles. The number of hydrogen-bond acceptors (Lipinski definition) is 3. The molecule has 2 rings (SSSR count). The molecule has 5 heteroatoms. The van der Waals surface area contributed by atoms with Crippen molar-refractivity contribution in [2.24, 2.45) is 5.73 Å². The third-order valence-corrected chi connectivity index (χ3v) is 3.35. The van der Waals surface area contributed by atoms with Crippen LogP contribution in [0.2, 0.25) is 0 Å². The normalized spacial score (nSPS) is 14.5. The van der Waals surface area contributed by atoms with Crippen LogP contribution in [-0.4, -0.2) is 19.8 Å². The second-order valence-electron chi connectivity index (χ2n) is 3.93. The first-order valence-electron chi connectivity index (χ1n) is 5.70. The SMILES string of the molecule is NCCCc1cc2c(c(Br)c1F)OCCCO2. The van der Waals surface area contributed by atoms with Gasteiger partial charge in [-0.05, 0) is 46.9 Å². The van der Waals surface area contributed by atoms with Crippen LogP contribution in [0.4, 0.5) is 4.39 Å². The average Bonchev–Trinajstić information content (AvgIpc) is 2.57. The lowest BCUT2D eigenvalue weighted by Crippen LogP contribution is -2.03. The Morgan fingerprint density at radius 1 is 1.35 bits per heavy atom. The molecule has 0 unspecified atom stereocenters. The summed E-state index contributed by atoms with van der Waals surface area (Å²) in [6.07, 6.45) is 2.17. The van der Waals surface area contributed by atoms with Gasteiger partial charge in [0.05, 0.1) is 17.7 Å². The summed E-state index contributed by atoms with van der Waals surface area (Å²) in [5, 5.41) is 0. The minimum Gasteiger partial charge on any atom is -0.490 e. The van der Waals surface area contributed by atoms with Gasteiger partial charge in [0.15, 0.2) is 11.5 Å². The summed E-state index contributed by atoms with van der Waals surface area (Å²) in [5.41, 5.74) is 6.05. The minimum atomic E-state index is -0.275. The Labute approximate surface area is 108 Å². The van der Waals surface area contributed by atoms with E-state index in [1.165, 1.54) is 0 Å². The van der Waals surface area contributed by atoms with Crippen molar-refractivity contribution in [3.8, 4) is 11.5 Å². The van der Waals surface area contributed by atoms with Gasteiger partial charge >= 0.3 is 0 Å². The molecule has 1 aliphatic heterocycles. The van der Waals surface area contributed by atoms with E-state index >= 15 is 0 Å².